The lowest BCUT2D eigenvalue weighted by molar-refractivity contribution is 0.296. The number of nitrogens with zero attached hydrogens (tertiary/aromatic N) is 1. The summed E-state index contributed by atoms with van der Waals surface area (Å²) in [7, 11) is 0. The molecule has 1 saturated carbocycles. The van der Waals surface area contributed by atoms with Crippen LogP contribution in [0.2, 0.25) is 5.02 Å². The summed E-state index contributed by atoms with van der Waals surface area (Å²) < 4.78 is 13.3. The minimum atomic E-state index is -0.397. The first-order valence-electron chi connectivity index (χ1n) is 9.19. The van der Waals surface area contributed by atoms with Crippen LogP contribution < -0.4 is 0 Å². The summed E-state index contributed by atoms with van der Waals surface area (Å²) in [6, 6.07) is 8.86. The largest absolute Gasteiger partial charge is 0.256 e. The first kappa shape index (κ1) is 18.1. The Morgan fingerprint density at radius 2 is 1.96 bits per heavy atom. The summed E-state index contributed by atoms with van der Waals surface area (Å²) in [6.45, 7) is 2.11. The van der Waals surface area contributed by atoms with Crippen molar-refractivity contribution in [3.8, 4) is 11.3 Å². The zero-order chi connectivity index (χ0) is 17.6. The Morgan fingerprint density at radius 1 is 1.16 bits per heavy atom. The molecule has 0 bridgehead atoms. The molecule has 3 rings (SSSR count). The maximum Gasteiger partial charge on any atom is 0.141 e. The molecular weight excluding hydrogens is 333 g/mol. The van der Waals surface area contributed by atoms with Gasteiger partial charge in [-0.15, -0.1) is 0 Å². The average Bonchev–Trinajstić information content (AvgIpc) is 2.64. The van der Waals surface area contributed by atoms with Gasteiger partial charge in [0.15, 0.2) is 0 Å². The van der Waals surface area contributed by atoms with Crippen molar-refractivity contribution in [1.29, 1.82) is 0 Å². The minimum absolute atomic E-state index is 0.136. The average molecular weight is 358 g/mol. The van der Waals surface area contributed by atoms with Gasteiger partial charge in [-0.05, 0) is 87.1 Å². The molecule has 25 heavy (non-hydrogen) atoms. The lowest BCUT2D eigenvalue weighted by atomic mass is 9.79. The van der Waals surface area contributed by atoms with Crippen molar-refractivity contribution in [2.45, 2.75) is 45.4 Å². The van der Waals surface area contributed by atoms with E-state index in [1.165, 1.54) is 43.7 Å². The maximum absolute atomic E-state index is 13.3. The number of aryl methyl sites for hydroxylation is 1. The van der Waals surface area contributed by atoms with Gasteiger partial charge in [-0.3, -0.25) is 4.98 Å². The molecule has 0 spiro atoms. The monoisotopic (exact) mass is 357 g/mol. The number of allylic oxidation sites excluding steroid dienone is 2. The van der Waals surface area contributed by atoms with E-state index in [0.29, 0.717) is 0 Å². The van der Waals surface area contributed by atoms with Gasteiger partial charge < -0.3 is 0 Å². The van der Waals surface area contributed by atoms with E-state index in [9.17, 15) is 4.39 Å². The summed E-state index contributed by atoms with van der Waals surface area (Å²) in [4.78, 5) is 4.53. The van der Waals surface area contributed by atoms with Gasteiger partial charge in [0.05, 0.1) is 10.7 Å². The van der Waals surface area contributed by atoms with Crippen LogP contribution in [0.15, 0.2) is 48.7 Å². The standard InChI is InChI=1S/C22H25ClFN/c1-2-3-16-4-6-17(7-5-16)8-9-18-10-13-22(25-15-18)19-11-12-21(24)20(23)14-19/h2-3,10-17H,4-9H2,1H3/t16-,17-. The van der Waals surface area contributed by atoms with Crippen molar-refractivity contribution in [3.05, 3.63) is 65.1 Å². The number of hydrogen-bond acceptors (Lipinski definition) is 1. The van der Waals surface area contributed by atoms with Gasteiger partial charge in [-0.1, -0.05) is 29.8 Å². The van der Waals surface area contributed by atoms with Crippen molar-refractivity contribution >= 4 is 11.6 Å². The second-order valence-corrected chi connectivity index (χ2v) is 7.43. The lowest BCUT2D eigenvalue weighted by Gasteiger charge is -2.26. The first-order valence-corrected chi connectivity index (χ1v) is 9.56. The Bertz CT molecular complexity index is 715. The molecule has 2 aromatic rings. The van der Waals surface area contributed by atoms with Crippen LogP contribution in [-0.2, 0) is 6.42 Å². The van der Waals surface area contributed by atoms with Crippen LogP contribution in [-0.4, -0.2) is 4.98 Å². The SMILES string of the molecule is CC=C[C@H]1CC[C@H](CCc2ccc(-c3ccc(F)c(Cl)c3)nc2)CC1. The Hall–Kier alpha value is -1.67. The number of aromatic nitrogens is 1. The van der Waals surface area contributed by atoms with Gasteiger partial charge in [0.25, 0.3) is 0 Å². The number of benzene rings is 1. The Balaban J connectivity index is 1.54. The third-order valence-electron chi connectivity index (χ3n) is 5.24. The third kappa shape index (κ3) is 4.92. The highest BCUT2D eigenvalue weighted by Crippen LogP contribution is 2.32. The van der Waals surface area contributed by atoms with Crippen molar-refractivity contribution < 1.29 is 4.39 Å². The van der Waals surface area contributed by atoms with Crippen molar-refractivity contribution in [2.24, 2.45) is 11.8 Å². The highest BCUT2D eigenvalue weighted by Gasteiger charge is 2.19. The molecule has 0 aliphatic heterocycles. The van der Waals surface area contributed by atoms with E-state index in [0.717, 1.165) is 29.5 Å². The predicted molar refractivity (Wildman–Crippen MR) is 103 cm³/mol. The van der Waals surface area contributed by atoms with E-state index < -0.39 is 5.82 Å². The number of pyridine rings is 1. The highest BCUT2D eigenvalue weighted by atomic mass is 35.5. The summed E-state index contributed by atoms with van der Waals surface area (Å²) >= 11 is 5.85. The van der Waals surface area contributed by atoms with Gasteiger partial charge in [0, 0.05) is 11.8 Å². The Kier molecular flexibility index (Phi) is 6.25. The molecule has 1 aromatic carbocycles. The van der Waals surface area contributed by atoms with Gasteiger partial charge in [-0.2, -0.15) is 0 Å². The fourth-order valence-electron chi connectivity index (χ4n) is 3.71. The molecule has 1 fully saturated rings. The Morgan fingerprint density at radius 3 is 2.60 bits per heavy atom. The van der Waals surface area contributed by atoms with E-state index in [-0.39, 0.29) is 5.02 Å². The van der Waals surface area contributed by atoms with Crippen molar-refractivity contribution in [2.75, 3.05) is 0 Å². The zero-order valence-corrected chi connectivity index (χ0v) is 15.5. The van der Waals surface area contributed by atoms with Crippen LogP contribution in [0.3, 0.4) is 0 Å². The smallest absolute Gasteiger partial charge is 0.141 e. The van der Waals surface area contributed by atoms with Crippen LogP contribution in [0.1, 0.15) is 44.6 Å². The number of rotatable bonds is 5. The van der Waals surface area contributed by atoms with E-state index in [1.54, 1.807) is 12.1 Å². The summed E-state index contributed by atoms with van der Waals surface area (Å²) in [5.41, 5.74) is 2.95. The fraction of sp³-hybridized carbons (Fsp3) is 0.409. The topological polar surface area (TPSA) is 12.9 Å². The normalized spacial score (nSPS) is 20.9. The zero-order valence-electron chi connectivity index (χ0n) is 14.7. The summed E-state index contributed by atoms with van der Waals surface area (Å²) in [6.07, 6.45) is 14.2. The molecule has 0 unspecified atom stereocenters. The predicted octanol–water partition coefficient (Wildman–Crippen LogP) is 6.86. The molecule has 0 N–H and O–H groups in total. The second kappa shape index (κ2) is 8.62. The van der Waals surface area contributed by atoms with Crippen LogP contribution >= 0.6 is 11.6 Å². The second-order valence-electron chi connectivity index (χ2n) is 7.03. The van der Waals surface area contributed by atoms with Crippen LogP contribution in [0.25, 0.3) is 11.3 Å². The first-order chi connectivity index (χ1) is 12.2. The Labute approximate surface area is 154 Å². The van der Waals surface area contributed by atoms with Gasteiger partial charge in [0.2, 0.25) is 0 Å². The molecule has 0 atom stereocenters. The van der Waals surface area contributed by atoms with E-state index >= 15 is 0 Å². The van der Waals surface area contributed by atoms with Crippen LogP contribution in [0.4, 0.5) is 4.39 Å². The molecular formula is C22H25ClFN. The summed E-state index contributed by atoms with van der Waals surface area (Å²) in [5.74, 6) is 1.24. The molecule has 1 nitrogen and oxygen atoms in total. The lowest BCUT2D eigenvalue weighted by Crippen LogP contribution is -2.13. The minimum Gasteiger partial charge on any atom is -0.256 e. The molecule has 1 aliphatic rings. The molecule has 0 saturated heterocycles. The van der Waals surface area contributed by atoms with Gasteiger partial charge in [-0.25, -0.2) is 4.39 Å². The highest BCUT2D eigenvalue weighted by molar-refractivity contribution is 6.31. The summed E-state index contributed by atoms with van der Waals surface area (Å²) in [5, 5.41) is 0.136. The number of hydrogen-bond donors (Lipinski definition) is 0. The van der Waals surface area contributed by atoms with Crippen LogP contribution in [0.5, 0.6) is 0 Å². The van der Waals surface area contributed by atoms with Crippen molar-refractivity contribution in [1.82, 2.24) is 4.98 Å². The third-order valence-corrected chi connectivity index (χ3v) is 5.53. The van der Waals surface area contributed by atoms with Gasteiger partial charge in [0.1, 0.15) is 5.82 Å². The maximum atomic E-state index is 13.3. The number of halogens is 2. The molecule has 1 heterocycles. The molecule has 1 aromatic heterocycles. The van der Waals surface area contributed by atoms with Gasteiger partial charge >= 0.3 is 0 Å². The van der Waals surface area contributed by atoms with E-state index in [1.807, 2.05) is 12.3 Å². The fourth-order valence-corrected chi connectivity index (χ4v) is 3.89. The molecule has 132 valence electrons. The van der Waals surface area contributed by atoms with Crippen molar-refractivity contribution in [3.63, 3.8) is 0 Å². The van der Waals surface area contributed by atoms with Crippen LogP contribution in [0, 0.1) is 17.7 Å². The quantitative estimate of drug-likeness (QED) is 0.533. The van der Waals surface area contributed by atoms with E-state index in [4.69, 9.17) is 11.6 Å². The van der Waals surface area contributed by atoms with E-state index in [2.05, 4.69) is 30.1 Å². The molecule has 0 radical (unpaired) electrons. The molecule has 3 heteroatoms. The molecule has 1 aliphatic carbocycles. The molecule has 0 amide bonds.